The van der Waals surface area contributed by atoms with Crippen molar-refractivity contribution in [2.45, 2.75) is 88.1 Å². The van der Waals surface area contributed by atoms with Gasteiger partial charge in [-0.2, -0.15) is 0 Å². The van der Waals surface area contributed by atoms with Crippen molar-refractivity contribution in [3.05, 3.63) is 89.7 Å². The van der Waals surface area contributed by atoms with Crippen LogP contribution in [-0.4, -0.2) is 72.7 Å². The van der Waals surface area contributed by atoms with Crippen molar-refractivity contribution in [1.29, 1.82) is 0 Å². The minimum atomic E-state index is -3.64. The van der Waals surface area contributed by atoms with E-state index in [2.05, 4.69) is 20.5 Å². The SMILES string of the molecule is Cc1cccc(C)c1OCC(=O)N[C@H](CCN1CC[C@@H](S(=O)(=O)c2ccncc2)C[C@H]1C(=O)NC(C)(C)C)Cc1ccccc1. The molecule has 1 aliphatic heterocycles. The number of ether oxygens (including phenoxy) is 1. The normalized spacial score (nSPS) is 18.2. The van der Waals surface area contributed by atoms with Gasteiger partial charge in [0.2, 0.25) is 5.91 Å². The lowest BCUT2D eigenvalue weighted by Crippen LogP contribution is -2.57. The number of aromatic nitrogens is 1. The molecule has 0 bridgehead atoms. The molecular formula is C35H46N4O5S. The average molecular weight is 635 g/mol. The van der Waals surface area contributed by atoms with Gasteiger partial charge in [-0.25, -0.2) is 8.42 Å². The molecule has 1 aliphatic rings. The van der Waals surface area contributed by atoms with E-state index in [-0.39, 0.29) is 35.8 Å². The van der Waals surface area contributed by atoms with Gasteiger partial charge in [-0.05, 0) is 89.1 Å². The van der Waals surface area contributed by atoms with Crippen LogP contribution >= 0.6 is 0 Å². The lowest BCUT2D eigenvalue weighted by molar-refractivity contribution is -0.129. The molecule has 2 N–H and O–H groups in total. The largest absolute Gasteiger partial charge is 0.483 e. The summed E-state index contributed by atoms with van der Waals surface area (Å²) in [5.41, 5.74) is 2.55. The van der Waals surface area contributed by atoms with Crippen molar-refractivity contribution < 1.29 is 22.7 Å². The van der Waals surface area contributed by atoms with E-state index in [1.807, 2.05) is 83.1 Å². The highest BCUT2D eigenvalue weighted by Crippen LogP contribution is 2.29. The highest BCUT2D eigenvalue weighted by atomic mass is 32.2. The fraction of sp³-hybridized carbons (Fsp3) is 0.457. The molecule has 2 amide bonds. The summed E-state index contributed by atoms with van der Waals surface area (Å²) in [4.78, 5) is 32.9. The summed E-state index contributed by atoms with van der Waals surface area (Å²) in [5, 5.41) is 5.53. The third kappa shape index (κ3) is 9.61. The van der Waals surface area contributed by atoms with Crippen LogP contribution in [0, 0.1) is 13.8 Å². The van der Waals surface area contributed by atoms with Crippen molar-refractivity contribution in [3.8, 4) is 5.75 Å². The van der Waals surface area contributed by atoms with Crippen molar-refractivity contribution in [2.24, 2.45) is 0 Å². The lowest BCUT2D eigenvalue weighted by Gasteiger charge is -2.40. The van der Waals surface area contributed by atoms with Crippen LogP contribution in [0.1, 0.15) is 56.7 Å². The molecule has 3 aromatic rings. The van der Waals surface area contributed by atoms with Gasteiger partial charge in [0.1, 0.15) is 5.75 Å². The molecule has 0 spiro atoms. The van der Waals surface area contributed by atoms with Crippen molar-refractivity contribution >= 4 is 21.7 Å². The van der Waals surface area contributed by atoms with Crippen LogP contribution in [0.4, 0.5) is 0 Å². The van der Waals surface area contributed by atoms with E-state index in [0.29, 0.717) is 38.1 Å². The lowest BCUT2D eigenvalue weighted by atomic mass is 9.97. The quantitative estimate of drug-likeness (QED) is 0.303. The van der Waals surface area contributed by atoms with Crippen molar-refractivity contribution in [2.75, 3.05) is 19.7 Å². The summed E-state index contributed by atoms with van der Waals surface area (Å²) in [6.45, 7) is 10.5. The summed E-state index contributed by atoms with van der Waals surface area (Å²) in [6.07, 6.45) is 4.72. The number of para-hydroxylation sites is 1. The number of aryl methyl sites for hydroxylation is 2. The van der Waals surface area contributed by atoms with Crippen LogP contribution in [0.15, 0.2) is 78.0 Å². The van der Waals surface area contributed by atoms with Crippen LogP contribution in [0.2, 0.25) is 0 Å². The molecular weight excluding hydrogens is 588 g/mol. The van der Waals surface area contributed by atoms with E-state index in [1.54, 1.807) is 0 Å². The molecule has 1 fully saturated rings. The third-order valence-electron chi connectivity index (χ3n) is 8.09. The maximum atomic E-state index is 13.6. The van der Waals surface area contributed by atoms with Gasteiger partial charge in [0.15, 0.2) is 16.4 Å². The number of hydrogen-bond donors (Lipinski definition) is 2. The van der Waals surface area contributed by atoms with E-state index in [1.165, 1.54) is 24.5 Å². The minimum absolute atomic E-state index is 0.105. The summed E-state index contributed by atoms with van der Waals surface area (Å²) < 4.78 is 32.9. The van der Waals surface area contributed by atoms with E-state index in [9.17, 15) is 18.0 Å². The molecule has 2 heterocycles. The summed E-state index contributed by atoms with van der Waals surface area (Å²) in [6, 6.07) is 18.0. The summed E-state index contributed by atoms with van der Waals surface area (Å²) in [7, 11) is -3.64. The standard InChI is InChI=1S/C35H46N4O5S/c1-25-10-9-11-26(2)33(25)44-24-32(40)37-28(22-27-12-7-6-8-13-27)16-20-39-21-17-30(23-31(39)34(41)38-35(3,4)5)45(42,43)29-14-18-36-19-15-29/h6-15,18-19,28,30-31H,16-17,20-24H2,1-5H3,(H,37,40)(H,38,41)/t28-,30-,31+/m1/s1. The monoisotopic (exact) mass is 634 g/mol. The van der Waals surface area contributed by atoms with Gasteiger partial charge in [0.25, 0.3) is 5.91 Å². The number of benzene rings is 2. The number of nitrogens with zero attached hydrogens (tertiary/aromatic N) is 2. The summed E-state index contributed by atoms with van der Waals surface area (Å²) >= 11 is 0. The highest BCUT2D eigenvalue weighted by Gasteiger charge is 2.40. The van der Waals surface area contributed by atoms with Gasteiger partial charge in [0, 0.05) is 37.1 Å². The molecule has 2 aromatic carbocycles. The van der Waals surface area contributed by atoms with Gasteiger partial charge in [-0.3, -0.25) is 19.5 Å². The second-order valence-corrected chi connectivity index (χ2v) is 15.1. The average Bonchev–Trinajstić information content (AvgIpc) is 2.99. The van der Waals surface area contributed by atoms with Crippen LogP contribution in [-0.2, 0) is 25.8 Å². The fourth-order valence-corrected chi connectivity index (χ4v) is 7.59. The molecule has 3 atom stereocenters. The second-order valence-electron chi connectivity index (χ2n) is 12.9. The maximum Gasteiger partial charge on any atom is 0.258 e. The molecule has 4 rings (SSSR count). The van der Waals surface area contributed by atoms with Crippen molar-refractivity contribution in [1.82, 2.24) is 20.5 Å². The fourth-order valence-electron chi connectivity index (χ4n) is 5.86. The van der Waals surface area contributed by atoms with E-state index in [4.69, 9.17) is 4.74 Å². The Morgan fingerprint density at radius 3 is 2.31 bits per heavy atom. The number of carbonyl (C=O) groups excluding carboxylic acids is 2. The van der Waals surface area contributed by atoms with Crippen LogP contribution in [0.5, 0.6) is 5.75 Å². The molecule has 9 nitrogen and oxygen atoms in total. The number of hydrogen-bond acceptors (Lipinski definition) is 7. The van der Waals surface area contributed by atoms with Gasteiger partial charge >= 0.3 is 0 Å². The van der Waals surface area contributed by atoms with Gasteiger partial charge in [-0.1, -0.05) is 48.5 Å². The Morgan fingerprint density at radius 2 is 1.67 bits per heavy atom. The molecule has 0 unspecified atom stereocenters. The van der Waals surface area contributed by atoms with Gasteiger partial charge < -0.3 is 15.4 Å². The molecule has 0 aliphatic carbocycles. The topological polar surface area (TPSA) is 118 Å². The zero-order chi connectivity index (χ0) is 32.6. The summed E-state index contributed by atoms with van der Waals surface area (Å²) in [5.74, 6) is 0.301. The third-order valence-corrected chi connectivity index (χ3v) is 10.3. The Kier molecular flexibility index (Phi) is 11.4. The number of rotatable bonds is 12. The number of sulfone groups is 1. The van der Waals surface area contributed by atoms with Crippen molar-refractivity contribution in [3.63, 3.8) is 0 Å². The van der Waals surface area contributed by atoms with Gasteiger partial charge in [-0.15, -0.1) is 0 Å². The Labute approximate surface area is 267 Å². The molecule has 0 radical (unpaired) electrons. The second kappa shape index (κ2) is 15.0. The van der Waals surface area contributed by atoms with E-state index < -0.39 is 26.7 Å². The first kappa shape index (κ1) is 34.1. The smallest absolute Gasteiger partial charge is 0.258 e. The number of pyridine rings is 1. The molecule has 1 aromatic heterocycles. The minimum Gasteiger partial charge on any atom is -0.483 e. The predicted molar refractivity (Wildman–Crippen MR) is 176 cm³/mol. The molecule has 0 saturated carbocycles. The first-order valence-electron chi connectivity index (χ1n) is 15.6. The Hall–Kier alpha value is -3.76. The Bertz CT molecular complexity index is 1520. The van der Waals surface area contributed by atoms with Crippen LogP contribution < -0.4 is 15.4 Å². The number of amides is 2. The molecule has 242 valence electrons. The van der Waals surface area contributed by atoms with E-state index >= 15 is 0 Å². The molecule has 45 heavy (non-hydrogen) atoms. The molecule has 1 saturated heterocycles. The van der Waals surface area contributed by atoms with Crippen LogP contribution in [0.3, 0.4) is 0 Å². The highest BCUT2D eigenvalue weighted by molar-refractivity contribution is 7.92. The zero-order valence-electron chi connectivity index (χ0n) is 27.0. The van der Waals surface area contributed by atoms with E-state index in [0.717, 1.165) is 16.7 Å². The maximum absolute atomic E-state index is 13.6. The van der Waals surface area contributed by atoms with Crippen LogP contribution in [0.25, 0.3) is 0 Å². The number of nitrogens with one attached hydrogen (secondary N) is 2. The number of likely N-dealkylation sites (tertiary alicyclic amines) is 1. The zero-order valence-corrected chi connectivity index (χ0v) is 27.8. The number of piperidine rings is 1. The molecule has 10 heteroatoms. The predicted octanol–water partition coefficient (Wildman–Crippen LogP) is 4.42. The Morgan fingerprint density at radius 1 is 1.00 bits per heavy atom. The number of carbonyl (C=O) groups is 2. The Balaban J connectivity index is 1.48. The first-order chi connectivity index (χ1) is 21.3. The first-order valence-corrected chi connectivity index (χ1v) is 17.1. The van der Waals surface area contributed by atoms with Gasteiger partial charge in [0.05, 0.1) is 16.2 Å².